The van der Waals surface area contributed by atoms with E-state index in [2.05, 4.69) is 10.6 Å². The summed E-state index contributed by atoms with van der Waals surface area (Å²) in [5, 5.41) is 15.4. The predicted octanol–water partition coefficient (Wildman–Crippen LogP) is 0.866. The SMILES string of the molecule is COc1ccc2c(CC(=O)N[C@@H](CO)C(=O)NCc3ccc4c(c3)OCO4)cc(=O)oc2c1. The van der Waals surface area contributed by atoms with E-state index in [4.69, 9.17) is 18.6 Å². The molecule has 0 saturated heterocycles. The van der Waals surface area contributed by atoms with Crippen LogP contribution in [0.15, 0.2) is 51.7 Å². The summed E-state index contributed by atoms with van der Waals surface area (Å²) in [6.45, 7) is -0.266. The van der Waals surface area contributed by atoms with Gasteiger partial charge in [0, 0.05) is 24.1 Å². The molecule has 0 saturated carbocycles. The van der Waals surface area contributed by atoms with Crippen molar-refractivity contribution in [3.05, 3.63) is 64.0 Å². The van der Waals surface area contributed by atoms with Crippen molar-refractivity contribution >= 4 is 22.8 Å². The van der Waals surface area contributed by atoms with Crippen molar-refractivity contribution < 1.29 is 33.3 Å². The number of carbonyl (C=O) groups is 2. The molecular formula is C23H22N2O8. The molecule has 1 atom stereocenters. The van der Waals surface area contributed by atoms with Gasteiger partial charge in [0.05, 0.1) is 20.1 Å². The minimum atomic E-state index is -1.15. The van der Waals surface area contributed by atoms with Crippen molar-refractivity contribution in [2.24, 2.45) is 0 Å². The molecule has 4 rings (SSSR count). The molecule has 0 spiro atoms. The molecule has 10 nitrogen and oxygen atoms in total. The van der Waals surface area contributed by atoms with E-state index in [9.17, 15) is 19.5 Å². The van der Waals surface area contributed by atoms with Gasteiger partial charge in [0.15, 0.2) is 11.5 Å². The van der Waals surface area contributed by atoms with E-state index in [0.29, 0.717) is 28.2 Å². The highest BCUT2D eigenvalue weighted by molar-refractivity contribution is 5.91. The number of carbonyl (C=O) groups excluding carboxylic acids is 2. The van der Waals surface area contributed by atoms with Gasteiger partial charge in [0.25, 0.3) is 0 Å². The number of aliphatic hydroxyl groups excluding tert-OH is 1. The average molecular weight is 454 g/mol. The zero-order valence-electron chi connectivity index (χ0n) is 17.8. The van der Waals surface area contributed by atoms with Gasteiger partial charge in [-0.3, -0.25) is 9.59 Å². The third-order valence-corrected chi connectivity index (χ3v) is 5.13. The first-order valence-corrected chi connectivity index (χ1v) is 10.1. The topological polar surface area (TPSA) is 136 Å². The van der Waals surface area contributed by atoms with Crippen molar-refractivity contribution in [1.29, 1.82) is 0 Å². The number of rotatable bonds is 8. The van der Waals surface area contributed by atoms with E-state index >= 15 is 0 Å². The first-order valence-electron chi connectivity index (χ1n) is 10.1. The van der Waals surface area contributed by atoms with Crippen LogP contribution >= 0.6 is 0 Å². The van der Waals surface area contributed by atoms with Gasteiger partial charge in [-0.05, 0) is 35.4 Å². The van der Waals surface area contributed by atoms with Crippen LogP contribution in [0.25, 0.3) is 11.0 Å². The molecule has 0 fully saturated rings. The summed E-state index contributed by atoms with van der Waals surface area (Å²) in [5.41, 5.74) is 0.871. The van der Waals surface area contributed by atoms with Crippen LogP contribution in [0.2, 0.25) is 0 Å². The number of benzene rings is 2. The fourth-order valence-electron chi connectivity index (χ4n) is 3.46. The van der Waals surface area contributed by atoms with Gasteiger partial charge in [-0.25, -0.2) is 4.79 Å². The maximum atomic E-state index is 12.6. The molecule has 10 heteroatoms. The molecule has 172 valence electrons. The summed E-state index contributed by atoms with van der Waals surface area (Å²) in [7, 11) is 1.49. The molecule has 2 heterocycles. The molecule has 0 unspecified atom stereocenters. The second-order valence-electron chi connectivity index (χ2n) is 7.34. The Kier molecular flexibility index (Phi) is 6.45. The Morgan fingerprint density at radius 2 is 1.94 bits per heavy atom. The third kappa shape index (κ3) is 5.07. The fraction of sp³-hybridized carbons (Fsp3) is 0.261. The Morgan fingerprint density at radius 1 is 1.12 bits per heavy atom. The molecule has 1 aliphatic rings. The summed E-state index contributed by atoms with van der Waals surface area (Å²) in [6.07, 6.45) is -0.180. The van der Waals surface area contributed by atoms with Gasteiger partial charge in [-0.2, -0.15) is 0 Å². The summed E-state index contributed by atoms with van der Waals surface area (Å²) >= 11 is 0. The Hall–Kier alpha value is -4.05. The Bertz CT molecular complexity index is 1250. The van der Waals surface area contributed by atoms with E-state index in [1.165, 1.54) is 13.2 Å². The van der Waals surface area contributed by atoms with Crippen LogP contribution in [-0.4, -0.2) is 43.5 Å². The van der Waals surface area contributed by atoms with Crippen LogP contribution in [0.1, 0.15) is 11.1 Å². The number of aliphatic hydroxyl groups is 1. The van der Waals surface area contributed by atoms with Crippen molar-refractivity contribution in [1.82, 2.24) is 10.6 Å². The van der Waals surface area contributed by atoms with E-state index in [0.717, 1.165) is 5.56 Å². The predicted molar refractivity (Wildman–Crippen MR) is 116 cm³/mol. The molecule has 1 aromatic heterocycles. The second-order valence-corrected chi connectivity index (χ2v) is 7.34. The van der Waals surface area contributed by atoms with Crippen molar-refractivity contribution in [3.63, 3.8) is 0 Å². The highest BCUT2D eigenvalue weighted by Crippen LogP contribution is 2.32. The number of hydrogen-bond acceptors (Lipinski definition) is 8. The van der Waals surface area contributed by atoms with Crippen molar-refractivity contribution in [3.8, 4) is 17.2 Å². The normalized spacial score (nSPS) is 12.9. The highest BCUT2D eigenvalue weighted by Gasteiger charge is 2.21. The monoisotopic (exact) mass is 454 g/mol. The molecule has 3 N–H and O–H groups in total. The third-order valence-electron chi connectivity index (χ3n) is 5.13. The zero-order valence-corrected chi connectivity index (χ0v) is 17.8. The molecule has 0 radical (unpaired) electrons. The standard InChI is InChI=1S/C23H22N2O8/c1-30-15-3-4-16-14(8-22(28)33-19(16)9-15)7-21(27)25-17(11-26)23(29)24-10-13-2-5-18-20(6-13)32-12-31-18/h2-6,8-9,17,26H,7,10-12H2,1H3,(H,24,29)(H,25,27)/t17-/m0/s1. The minimum absolute atomic E-state index is 0.149. The first kappa shape index (κ1) is 22.2. The lowest BCUT2D eigenvalue weighted by Crippen LogP contribution is -2.49. The maximum absolute atomic E-state index is 12.6. The number of ether oxygens (including phenoxy) is 3. The van der Waals surface area contributed by atoms with Gasteiger partial charge in [-0.1, -0.05) is 6.07 Å². The lowest BCUT2D eigenvalue weighted by molar-refractivity contribution is -0.129. The van der Waals surface area contributed by atoms with Crippen LogP contribution < -0.4 is 30.5 Å². The maximum Gasteiger partial charge on any atom is 0.336 e. The van der Waals surface area contributed by atoms with Gasteiger partial charge in [0.2, 0.25) is 18.6 Å². The van der Waals surface area contributed by atoms with E-state index in [-0.39, 0.29) is 25.3 Å². The van der Waals surface area contributed by atoms with Crippen molar-refractivity contribution in [2.75, 3.05) is 20.5 Å². The number of fused-ring (bicyclic) bond motifs is 2. The molecule has 33 heavy (non-hydrogen) atoms. The summed E-state index contributed by atoms with van der Waals surface area (Å²) in [5.74, 6) is 0.643. The summed E-state index contributed by atoms with van der Waals surface area (Å²) in [4.78, 5) is 37.0. The molecule has 2 amide bonds. The molecule has 3 aromatic rings. The van der Waals surface area contributed by atoms with E-state index < -0.39 is 30.1 Å². The van der Waals surface area contributed by atoms with Crippen LogP contribution in [0.3, 0.4) is 0 Å². The Labute approximate surface area is 188 Å². The fourth-order valence-corrected chi connectivity index (χ4v) is 3.46. The van der Waals surface area contributed by atoms with Crippen LogP contribution in [0, 0.1) is 0 Å². The Balaban J connectivity index is 1.39. The van der Waals surface area contributed by atoms with Gasteiger partial charge >= 0.3 is 5.63 Å². The average Bonchev–Trinajstić information content (AvgIpc) is 3.28. The molecular weight excluding hydrogens is 432 g/mol. The number of nitrogens with one attached hydrogen (secondary N) is 2. The lowest BCUT2D eigenvalue weighted by Gasteiger charge is -2.16. The van der Waals surface area contributed by atoms with Crippen LogP contribution in [-0.2, 0) is 22.6 Å². The molecule has 0 aliphatic carbocycles. The second kappa shape index (κ2) is 9.61. The van der Waals surface area contributed by atoms with Crippen molar-refractivity contribution in [2.45, 2.75) is 19.0 Å². The number of amides is 2. The smallest absolute Gasteiger partial charge is 0.336 e. The number of hydrogen-bond donors (Lipinski definition) is 3. The van der Waals surface area contributed by atoms with E-state index in [1.807, 2.05) is 0 Å². The summed E-state index contributed by atoms with van der Waals surface area (Å²) < 4.78 is 20.9. The van der Waals surface area contributed by atoms with Gasteiger partial charge in [-0.15, -0.1) is 0 Å². The summed E-state index contributed by atoms with van der Waals surface area (Å²) in [6, 6.07) is 10.3. The Morgan fingerprint density at radius 3 is 2.73 bits per heavy atom. The minimum Gasteiger partial charge on any atom is -0.497 e. The van der Waals surface area contributed by atoms with Crippen LogP contribution in [0.5, 0.6) is 17.2 Å². The molecule has 0 bridgehead atoms. The number of methoxy groups -OCH3 is 1. The largest absolute Gasteiger partial charge is 0.497 e. The first-order chi connectivity index (χ1) is 16.0. The van der Waals surface area contributed by atoms with Gasteiger partial charge in [0.1, 0.15) is 17.4 Å². The molecule has 1 aliphatic heterocycles. The zero-order chi connectivity index (χ0) is 23.4. The van der Waals surface area contributed by atoms with E-state index in [1.54, 1.807) is 36.4 Å². The van der Waals surface area contributed by atoms with Crippen LogP contribution in [0.4, 0.5) is 0 Å². The quantitative estimate of drug-likeness (QED) is 0.427. The molecule has 2 aromatic carbocycles. The highest BCUT2D eigenvalue weighted by atomic mass is 16.7. The lowest BCUT2D eigenvalue weighted by atomic mass is 10.1. The van der Waals surface area contributed by atoms with Gasteiger partial charge < -0.3 is 34.4 Å².